The molecule has 0 saturated carbocycles. The number of benzene rings is 3. The second-order valence-corrected chi connectivity index (χ2v) is 6.25. The number of methoxy groups -OCH3 is 1. The lowest BCUT2D eigenvalue weighted by Crippen LogP contribution is -2.22. The molecular weight excluding hydrogens is 384 g/mol. The molecule has 0 spiro atoms. The smallest absolute Gasteiger partial charge is 0.337 e. The Hall–Kier alpha value is -4.13. The summed E-state index contributed by atoms with van der Waals surface area (Å²) in [5.41, 5.74) is 5.50. The normalized spacial score (nSPS) is 10.6. The van der Waals surface area contributed by atoms with Crippen LogP contribution in [-0.2, 0) is 11.3 Å². The molecule has 0 radical (unpaired) electrons. The standard InChI is InChI=1S/C23H20N2O5/c1-29-23(28)17-11-9-16(10-12-17)15-30-21-8-3-2-5-19(21)14-24-25-20-7-4-6-18(13-20)22(26)27/h2-14,25H,15H2,1H3,(H,26,27)/p-1/b24-14-. The summed E-state index contributed by atoms with van der Waals surface area (Å²) in [6.07, 6.45) is 1.58. The van der Waals surface area contributed by atoms with Crippen LogP contribution in [0.5, 0.6) is 5.75 Å². The third-order valence-corrected chi connectivity index (χ3v) is 4.18. The zero-order valence-corrected chi connectivity index (χ0v) is 16.2. The van der Waals surface area contributed by atoms with Crippen molar-refractivity contribution in [3.8, 4) is 5.75 Å². The molecule has 30 heavy (non-hydrogen) atoms. The van der Waals surface area contributed by atoms with E-state index in [-0.39, 0.29) is 11.5 Å². The van der Waals surface area contributed by atoms with E-state index >= 15 is 0 Å². The molecule has 0 aliphatic heterocycles. The highest BCUT2D eigenvalue weighted by atomic mass is 16.5. The fraction of sp³-hybridized carbons (Fsp3) is 0.0870. The van der Waals surface area contributed by atoms with Crippen LogP contribution in [0.1, 0.15) is 31.8 Å². The number of anilines is 1. The van der Waals surface area contributed by atoms with E-state index in [2.05, 4.69) is 15.3 Å². The molecular formula is C23H19N2O5-. The molecule has 0 atom stereocenters. The highest BCUT2D eigenvalue weighted by Crippen LogP contribution is 2.18. The van der Waals surface area contributed by atoms with Crippen LogP contribution in [0, 0.1) is 0 Å². The number of para-hydroxylation sites is 1. The highest BCUT2D eigenvalue weighted by Gasteiger charge is 2.06. The van der Waals surface area contributed by atoms with Gasteiger partial charge in [0, 0.05) is 5.56 Å². The first-order valence-corrected chi connectivity index (χ1v) is 9.06. The number of nitrogens with zero attached hydrogens (tertiary/aromatic N) is 1. The van der Waals surface area contributed by atoms with E-state index < -0.39 is 5.97 Å². The SMILES string of the molecule is COC(=O)c1ccc(COc2ccccc2/C=N\Nc2cccc(C(=O)[O-])c2)cc1. The van der Waals surface area contributed by atoms with Gasteiger partial charge in [-0.25, -0.2) is 4.79 Å². The summed E-state index contributed by atoms with van der Waals surface area (Å²) in [6, 6.07) is 20.5. The summed E-state index contributed by atoms with van der Waals surface area (Å²) < 4.78 is 10.6. The number of aromatic carboxylic acids is 1. The van der Waals surface area contributed by atoms with Gasteiger partial charge in [0.15, 0.2) is 0 Å². The van der Waals surface area contributed by atoms with Crippen molar-refractivity contribution >= 4 is 23.8 Å². The maximum Gasteiger partial charge on any atom is 0.337 e. The number of hydrogen-bond donors (Lipinski definition) is 1. The van der Waals surface area contributed by atoms with Gasteiger partial charge in [0.05, 0.1) is 30.5 Å². The summed E-state index contributed by atoms with van der Waals surface area (Å²) in [7, 11) is 1.34. The molecule has 0 aliphatic rings. The van der Waals surface area contributed by atoms with Crippen molar-refractivity contribution < 1.29 is 24.2 Å². The predicted molar refractivity (Wildman–Crippen MR) is 111 cm³/mol. The Morgan fingerprint density at radius 1 is 1.00 bits per heavy atom. The fourth-order valence-electron chi connectivity index (χ4n) is 2.63. The molecule has 0 amide bonds. The van der Waals surface area contributed by atoms with Gasteiger partial charge in [-0.05, 0) is 47.5 Å². The van der Waals surface area contributed by atoms with Gasteiger partial charge in [-0.1, -0.05) is 36.4 Å². The van der Waals surface area contributed by atoms with Crippen molar-refractivity contribution in [2.45, 2.75) is 6.61 Å². The molecule has 1 N–H and O–H groups in total. The van der Waals surface area contributed by atoms with Gasteiger partial charge in [-0.15, -0.1) is 0 Å². The van der Waals surface area contributed by atoms with Crippen molar-refractivity contribution in [1.29, 1.82) is 0 Å². The maximum atomic E-state index is 11.5. The lowest BCUT2D eigenvalue weighted by atomic mass is 10.1. The third-order valence-electron chi connectivity index (χ3n) is 4.18. The summed E-state index contributed by atoms with van der Waals surface area (Å²) in [6.45, 7) is 0.313. The molecule has 0 fully saturated rings. The van der Waals surface area contributed by atoms with Crippen LogP contribution >= 0.6 is 0 Å². The number of esters is 1. The van der Waals surface area contributed by atoms with Crippen LogP contribution in [-0.4, -0.2) is 25.3 Å². The van der Waals surface area contributed by atoms with Gasteiger partial charge < -0.3 is 19.4 Å². The van der Waals surface area contributed by atoms with E-state index in [0.29, 0.717) is 23.6 Å². The first kappa shape index (κ1) is 20.6. The summed E-state index contributed by atoms with van der Waals surface area (Å²) in [4.78, 5) is 22.4. The number of carbonyl (C=O) groups excluding carboxylic acids is 2. The molecule has 0 heterocycles. The molecule has 0 aromatic heterocycles. The quantitative estimate of drug-likeness (QED) is 0.353. The molecule has 7 heteroatoms. The summed E-state index contributed by atoms with van der Waals surface area (Å²) in [5, 5.41) is 15.1. The van der Waals surface area contributed by atoms with Crippen LogP contribution in [0.2, 0.25) is 0 Å². The molecule has 0 saturated heterocycles. The number of rotatable bonds is 8. The van der Waals surface area contributed by atoms with Gasteiger partial charge in [0.25, 0.3) is 0 Å². The number of ether oxygens (including phenoxy) is 2. The summed E-state index contributed by atoms with van der Waals surface area (Å²) >= 11 is 0. The molecule has 3 rings (SSSR count). The number of hydrazone groups is 1. The molecule has 0 aliphatic carbocycles. The van der Waals surface area contributed by atoms with E-state index in [1.54, 1.807) is 42.6 Å². The largest absolute Gasteiger partial charge is 0.545 e. The second kappa shape index (κ2) is 9.88. The maximum absolute atomic E-state index is 11.5. The zero-order valence-electron chi connectivity index (χ0n) is 16.2. The van der Waals surface area contributed by atoms with Crippen molar-refractivity contribution in [2.75, 3.05) is 12.5 Å². The number of carboxylic acid groups (broad SMARTS) is 1. The van der Waals surface area contributed by atoms with E-state index in [1.165, 1.54) is 19.2 Å². The van der Waals surface area contributed by atoms with Crippen molar-refractivity contribution in [3.05, 3.63) is 95.1 Å². The molecule has 0 unspecified atom stereocenters. The topological polar surface area (TPSA) is 100 Å². The van der Waals surface area contributed by atoms with E-state index in [1.807, 2.05) is 24.3 Å². The van der Waals surface area contributed by atoms with Gasteiger partial charge in [-0.3, -0.25) is 5.43 Å². The summed E-state index contributed by atoms with van der Waals surface area (Å²) in [5.74, 6) is -1.01. The first-order chi connectivity index (χ1) is 14.6. The van der Waals surface area contributed by atoms with Gasteiger partial charge in [0.2, 0.25) is 0 Å². The van der Waals surface area contributed by atoms with Crippen LogP contribution in [0.4, 0.5) is 5.69 Å². The lowest BCUT2D eigenvalue weighted by molar-refractivity contribution is -0.255. The van der Waals surface area contributed by atoms with E-state index in [9.17, 15) is 14.7 Å². The minimum absolute atomic E-state index is 0.0668. The molecule has 3 aromatic rings. The zero-order chi connectivity index (χ0) is 21.3. The first-order valence-electron chi connectivity index (χ1n) is 9.06. The molecule has 152 valence electrons. The lowest BCUT2D eigenvalue weighted by Gasteiger charge is -2.10. The van der Waals surface area contributed by atoms with Crippen LogP contribution in [0.15, 0.2) is 77.9 Å². The Morgan fingerprint density at radius 3 is 2.50 bits per heavy atom. The minimum Gasteiger partial charge on any atom is -0.545 e. The van der Waals surface area contributed by atoms with E-state index in [4.69, 9.17) is 4.74 Å². The number of nitrogens with one attached hydrogen (secondary N) is 1. The van der Waals surface area contributed by atoms with Crippen molar-refractivity contribution in [3.63, 3.8) is 0 Å². The number of carbonyl (C=O) groups is 2. The third kappa shape index (κ3) is 5.45. The van der Waals surface area contributed by atoms with Gasteiger partial charge in [0.1, 0.15) is 12.4 Å². The second-order valence-electron chi connectivity index (χ2n) is 6.25. The van der Waals surface area contributed by atoms with Crippen molar-refractivity contribution in [2.24, 2.45) is 5.10 Å². The van der Waals surface area contributed by atoms with E-state index in [0.717, 1.165) is 11.1 Å². The molecule has 3 aromatic carbocycles. The van der Waals surface area contributed by atoms with Gasteiger partial charge >= 0.3 is 5.97 Å². The fourth-order valence-corrected chi connectivity index (χ4v) is 2.63. The Bertz CT molecular complexity index is 1060. The Morgan fingerprint density at radius 2 is 1.77 bits per heavy atom. The Kier molecular flexibility index (Phi) is 6.78. The van der Waals surface area contributed by atoms with Crippen LogP contribution in [0.25, 0.3) is 0 Å². The average molecular weight is 403 g/mol. The Labute approximate surface area is 173 Å². The Balaban J connectivity index is 1.64. The predicted octanol–water partition coefficient (Wildman–Crippen LogP) is 2.86. The number of hydrogen-bond acceptors (Lipinski definition) is 7. The average Bonchev–Trinajstić information content (AvgIpc) is 2.78. The highest BCUT2D eigenvalue weighted by molar-refractivity contribution is 5.89. The van der Waals surface area contributed by atoms with Crippen LogP contribution < -0.4 is 15.3 Å². The monoisotopic (exact) mass is 403 g/mol. The van der Waals surface area contributed by atoms with Gasteiger partial charge in [-0.2, -0.15) is 5.10 Å². The molecule has 0 bridgehead atoms. The van der Waals surface area contributed by atoms with Crippen LogP contribution in [0.3, 0.4) is 0 Å². The molecule has 7 nitrogen and oxygen atoms in total. The number of carboxylic acids is 1. The minimum atomic E-state index is -1.25. The van der Waals surface area contributed by atoms with Crippen molar-refractivity contribution in [1.82, 2.24) is 0 Å².